The van der Waals surface area contributed by atoms with Gasteiger partial charge in [0.2, 0.25) is 5.91 Å². The van der Waals surface area contributed by atoms with Crippen molar-refractivity contribution in [2.45, 2.75) is 23.6 Å². The summed E-state index contributed by atoms with van der Waals surface area (Å²) in [5.41, 5.74) is 0.865. The van der Waals surface area contributed by atoms with Crippen molar-refractivity contribution in [1.82, 2.24) is 14.1 Å². The van der Waals surface area contributed by atoms with Crippen LogP contribution in [0.25, 0.3) is 0 Å². The van der Waals surface area contributed by atoms with Gasteiger partial charge in [0, 0.05) is 50.8 Å². The van der Waals surface area contributed by atoms with Crippen molar-refractivity contribution in [1.29, 1.82) is 0 Å². The molecule has 1 atom stereocenters. The molecular weight excluding hydrogens is 461 g/mol. The quantitative estimate of drug-likeness (QED) is 0.652. The number of hydrogen-bond acceptors (Lipinski definition) is 5. The first-order chi connectivity index (χ1) is 14.8. The maximum absolute atomic E-state index is 13.2. The minimum absolute atomic E-state index is 0.0329. The summed E-state index contributed by atoms with van der Waals surface area (Å²) < 4.78 is 40.7. The van der Waals surface area contributed by atoms with Gasteiger partial charge in [0.05, 0.1) is 5.92 Å². The van der Waals surface area contributed by atoms with Gasteiger partial charge in [-0.15, -0.1) is 11.3 Å². The average molecular weight is 486 g/mol. The Balaban J connectivity index is 1.33. The van der Waals surface area contributed by atoms with Gasteiger partial charge in [0.25, 0.3) is 10.0 Å². The molecule has 0 aliphatic carbocycles. The van der Waals surface area contributed by atoms with Gasteiger partial charge >= 0.3 is 0 Å². The Kier molecular flexibility index (Phi) is 6.98. The van der Waals surface area contributed by atoms with Crippen molar-refractivity contribution in [2.75, 3.05) is 39.3 Å². The van der Waals surface area contributed by atoms with Crippen molar-refractivity contribution in [3.8, 4) is 0 Å². The first-order valence-corrected chi connectivity index (χ1v) is 13.0. The fraction of sp³-hybridized carbons (Fsp3) is 0.476. The molecule has 3 heterocycles. The first-order valence-electron chi connectivity index (χ1n) is 10.3. The SMILES string of the molecule is O=C(C1CCCN(S(=O)(=O)c2cccs2)C1)N1CCN(Cc2ccc(F)cc2Cl)CC1. The summed E-state index contributed by atoms with van der Waals surface area (Å²) in [7, 11) is -3.53. The maximum Gasteiger partial charge on any atom is 0.252 e. The number of carbonyl (C=O) groups excluding carboxylic acids is 1. The minimum atomic E-state index is -3.53. The second-order valence-corrected chi connectivity index (χ2v) is 11.5. The molecule has 0 N–H and O–H groups in total. The molecule has 1 amide bonds. The lowest BCUT2D eigenvalue weighted by Gasteiger charge is -2.38. The van der Waals surface area contributed by atoms with Gasteiger partial charge in [-0.1, -0.05) is 23.7 Å². The topological polar surface area (TPSA) is 60.9 Å². The Labute approximate surface area is 191 Å². The number of amides is 1. The lowest BCUT2D eigenvalue weighted by atomic mass is 9.97. The molecule has 2 fully saturated rings. The molecule has 2 aromatic rings. The van der Waals surface area contributed by atoms with Gasteiger partial charge in [-0.3, -0.25) is 9.69 Å². The summed E-state index contributed by atoms with van der Waals surface area (Å²) >= 11 is 7.34. The summed E-state index contributed by atoms with van der Waals surface area (Å²) in [5.74, 6) is -0.626. The van der Waals surface area contributed by atoms with Crippen LogP contribution < -0.4 is 0 Å². The van der Waals surface area contributed by atoms with E-state index in [0.29, 0.717) is 61.3 Å². The molecule has 168 valence electrons. The van der Waals surface area contributed by atoms with Crippen LogP contribution in [0.2, 0.25) is 5.02 Å². The molecular formula is C21H25ClFN3O3S2. The Hall–Kier alpha value is -1.52. The highest BCUT2D eigenvalue weighted by Crippen LogP contribution is 2.28. The van der Waals surface area contributed by atoms with E-state index in [2.05, 4.69) is 4.90 Å². The van der Waals surface area contributed by atoms with E-state index >= 15 is 0 Å². The van der Waals surface area contributed by atoms with E-state index < -0.39 is 10.0 Å². The first kappa shape index (κ1) is 22.7. The zero-order valence-corrected chi connectivity index (χ0v) is 19.4. The average Bonchev–Trinajstić information content (AvgIpc) is 3.32. The van der Waals surface area contributed by atoms with Crippen molar-refractivity contribution < 1.29 is 17.6 Å². The molecule has 0 bridgehead atoms. The lowest BCUT2D eigenvalue weighted by molar-refractivity contribution is -0.138. The number of thiophene rings is 1. The number of carbonyl (C=O) groups is 1. The van der Waals surface area contributed by atoms with Crippen LogP contribution in [0.15, 0.2) is 39.9 Å². The second kappa shape index (κ2) is 9.54. The van der Waals surface area contributed by atoms with E-state index in [-0.39, 0.29) is 24.2 Å². The van der Waals surface area contributed by atoms with Crippen molar-refractivity contribution >= 4 is 38.9 Å². The highest BCUT2D eigenvalue weighted by molar-refractivity contribution is 7.91. The van der Waals surface area contributed by atoms with Crippen LogP contribution in [-0.2, 0) is 21.4 Å². The van der Waals surface area contributed by atoms with Gasteiger partial charge in [0.1, 0.15) is 10.0 Å². The molecule has 2 aliphatic rings. The summed E-state index contributed by atoms with van der Waals surface area (Å²) in [4.78, 5) is 17.1. The number of sulfonamides is 1. The largest absolute Gasteiger partial charge is 0.340 e. The van der Waals surface area contributed by atoms with Gasteiger partial charge in [0.15, 0.2) is 0 Å². The molecule has 10 heteroatoms. The van der Waals surface area contributed by atoms with Crippen LogP contribution in [-0.4, -0.2) is 67.7 Å². The molecule has 31 heavy (non-hydrogen) atoms. The molecule has 1 unspecified atom stereocenters. The minimum Gasteiger partial charge on any atom is -0.340 e. The second-order valence-electron chi connectivity index (χ2n) is 7.97. The van der Waals surface area contributed by atoms with Gasteiger partial charge in [-0.25, -0.2) is 12.8 Å². The summed E-state index contributed by atoms with van der Waals surface area (Å²) in [6, 6.07) is 7.75. The smallest absolute Gasteiger partial charge is 0.252 e. The zero-order chi connectivity index (χ0) is 22.0. The summed E-state index contributed by atoms with van der Waals surface area (Å²) in [6.45, 7) is 3.88. The van der Waals surface area contributed by atoms with E-state index in [0.717, 1.165) is 5.56 Å². The monoisotopic (exact) mass is 485 g/mol. The van der Waals surface area contributed by atoms with Crippen molar-refractivity contribution in [2.24, 2.45) is 5.92 Å². The maximum atomic E-state index is 13.2. The number of piperazine rings is 1. The highest BCUT2D eigenvalue weighted by Gasteiger charge is 2.36. The summed E-state index contributed by atoms with van der Waals surface area (Å²) in [6.07, 6.45) is 1.39. The van der Waals surface area contributed by atoms with Crippen LogP contribution in [0.4, 0.5) is 4.39 Å². The predicted molar refractivity (Wildman–Crippen MR) is 119 cm³/mol. The molecule has 2 aliphatic heterocycles. The number of benzene rings is 1. The zero-order valence-electron chi connectivity index (χ0n) is 17.0. The van der Waals surface area contributed by atoms with Crippen LogP contribution in [0.5, 0.6) is 0 Å². The third-order valence-electron chi connectivity index (χ3n) is 5.92. The standard InChI is InChI=1S/C21H25ClFN3O3S2/c22-19-13-18(23)6-5-16(19)14-24-8-10-25(11-9-24)21(27)17-3-1-7-26(15-17)31(28,29)20-4-2-12-30-20/h2,4-6,12-13,17H,1,3,7-11,14-15H2. The normalized spacial score (nSPS) is 21.4. The number of nitrogens with zero attached hydrogens (tertiary/aromatic N) is 3. The lowest BCUT2D eigenvalue weighted by Crippen LogP contribution is -2.52. The Morgan fingerprint density at radius 1 is 1.16 bits per heavy atom. The van der Waals surface area contributed by atoms with E-state index in [1.165, 1.54) is 27.8 Å². The Morgan fingerprint density at radius 2 is 1.94 bits per heavy atom. The molecule has 1 aromatic heterocycles. The summed E-state index contributed by atoms with van der Waals surface area (Å²) in [5, 5.41) is 2.16. The predicted octanol–water partition coefficient (Wildman–Crippen LogP) is 3.29. The van der Waals surface area contributed by atoms with Gasteiger partial charge in [-0.05, 0) is 42.0 Å². The van der Waals surface area contributed by atoms with Crippen LogP contribution in [0.3, 0.4) is 0 Å². The van der Waals surface area contributed by atoms with Crippen molar-refractivity contribution in [3.05, 3.63) is 52.1 Å². The van der Waals surface area contributed by atoms with Crippen LogP contribution in [0.1, 0.15) is 18.4 Å². The van der Waals surface area contributed by atoms with E-state index in [1.807, 2.05) is 4.90 Å². The van der Waals surface area contributed by atoms with Crippen molar-refractivity contribution in [3.63, 3.8) is 0 Å². The fourth-order valence-corrected chi connectivity index (χ4v) is 7.07. The molecule has 1 aromatic carbocycles. The third kappa shape index (κ3) is 5.12. The van der Waals surface area contributed by atoms with E-state index in [4.69, 9.17) is 11.6 Å². The Bertz CT molecular complexity index is 1020. The molecule has 0 spiro atoms. The molecule has 0 saturated carbocycles. The van der Waals surface area contributed by atoms with E-state index in [1.54, 1.807) is 23.6 Å². The Morgan fingerprint density at radius 3 is 2.61 bits per heavy atom. The highest BCUT2D eigenvalue weighted by atomic mass is 35.5. The molecule has 4 rings (SSSR count). The van der Waals surface area contributed by atoms with Crippen LogP contribution in [0, 0.1) is 11.7 Å². The number of piperidine rings is 1. The fourth-order valence-electron chi connectivity index (χ4n) is 4.18. The molecule has 0 radical (unpaired) electrons. The van der Waals surface area contributed by atoms with Crippen LogP contribution >= 0.6 is 22.9 Å². The number of halogens is 2. The van der Waals surface area contributed by atoms with Gasteiger partial charge in [-0.2, -0.15) is 4.31 Å². The third-order valence-corrected chi connectivity index (χ3v) is 9.51. The number of rotatable bonds is 5. The molecule has 6 nitrogen and oxygen atoms in total. The van der Waals surface area contributed by atoms with E-state index in [9.17, 15) is 17.6 Å². The molecule has 2 saturated heterocycles. The number of hydrogen-bond donors (Lipinski definition) is 0. The van der Waals surface area contributed by atoms with Gasteiger partial charge < -0.3 is 4.90 Å².